The van der Waals surface area contributed by atoms with E-state index in [1.54, 1.807) is 19.2 Å². The van der Waals surface area contributed by atoms with Gasteiger partial charge in [-0.3, -0.25) is 4.79 Å². The van der Waals surface area contributed by atoms with Crippen molar-refractivity contribution in [3.05, 3.63) is 59.2 Å². The molecule has 0 saturated heterocycles. The molecule has 2 aromatic carbocycles. The third kappa shape index (κ3) is 4.93. The van der Waals surface area contributed by atoms with Gasteiger partial charge >= 0.3 is 5.97 Å². The summed E-state index contributed by atoms with van der Waals surface area (Å²) in [5, 5.41) is 11.9. The van der Waals surface area contributed by atoms with Gasteiger partial charge in [-0.15, -0.1) is 0 Å². The normalized spacial score (nSPS) is 27.4. The van der Waals surface area contributed by atoms with Crippen molar-refractivity contribution in [2.24, 2.45) is 17.8 Å². The van der Waals surface area contributed by atoms with Crippen LogP contribution in [0.5, 0.6) is 5.75 Å². The van der Waals surface area contributed by atoms with E-state index >= 15 is 0 Å². The highest BCUT2D eigenvalue weighted by molar-refractivity contribution is 6.04. The Morgan fingerprint density at radius 2 is 1.60 bits per heavy atom. The number of ether oxygens (including phenoxy) is 3. The van der Waals surface area contributed by atoms with Crippen molar-refractivity contribution in [1.29, 1.82) is 0 Å². The Hall–Kier alpha value is -2.90. The quantitative estimate of drug-likeness (QED) is 0.465. The van der Waals surface area contributed by atoms with Gasteiger partial charge in [0.15, 0.2) is 13.1 Å². The maximum absolute atomic E-state index is 13.0. The van der Waals surface area contributed by atoms with Crippen LogP contribution in [0.1, 0.15) is 71.7 Å². The van der Waals surface area contributed by atoms with Crippen LogP contribution in [0.15, 0.2) is 42.5 Å². The van der Waals surface area contributed by atoms with Gasteiger partial charge in [-0.2, -0.15) is 0 Å². The first kappa shape index (κ1) is 23.8. The zero-order chi connectivity index (χ0) is 24.6. The molecule has 4 fully saturated rings. The van der Waals surface area contributed by atoms with E-state index in [0.29, 0.717) is 17.0 Å². The van der Waals surface area contributed by atoms with Crippen LogP contribution in [0.2, 0.25) is 0 Å². The maximum atomic E-state index is 13.0. The Morgan fingerprint density at radius 3 is 2.17 bits per heavy atom. The average molecular weight is 480 g/mol. The molecule has 0 aromatic heterocycles. The van der Waals surface area contributed by atoms with Crippen LogP contribution in [-0.4, -0.2) is 37.2 Å². The van der Waals surface area contributed by atoms with Gasteiger partial charge in [0, 0.05) is 23.9 Å². The van der Waals surface area contributed by atoms with Gasteiger partial charge in [0.1, 0.15) is 5.75 Å². The van der Waals surface area contributed by atoms with Gasteiger partial charge in [0.2, 0.25) is 0 Å². The van der Waals surface area contributed by atoms with Crippen LogP contribution in [0, 0.1) is 17.8 Å². The molecule has 0 spiro atoms. The summed E-state index contributed by atoms with van der Waals surface area (Å²) < 4.78 is 16.9. The van der Waals surface area contributed by atoms with Crippen LogP contribution in [-0.2, 0) is 14.9 Å². The lowest BCUT2D eigenvalue weighted by atomic mass is 9.48. The first-order valence-corrected chi connectivity index (χ1v) is 12.4. The first-order valence-electron chi connectivity index (χ1n) is 12.4. The molecule has 0 radical (unpaired) electrons. The van der Waals surface area contributed by atoms with Gasteiger partial charge in [-0.25, -0.2) is 4.79 Å². The number of hydrogen-bond acceptors (Lipinski definition) is 5. The van der Waals surface area contributed by atoms with Crippen molar-refractivity contribution in [3.63, 3.8) is 0 Å². The van der Waals surface area contributed by atoms with Crippen LogP contribution in [0.4, 0.5) is 5.69 Å². The third-order valence-corrected chi connectivity index (χ3v) is 8.09. The number of carboxylic acids is 1. The smallest absolute Gasteiger partial charge is 0.335 e. The summed E-state index contributed by atoms with van der Waals surface area (Å²) in [6.45, 7) is 1.85. The molecule has 7 nitrogen and oxygen atoms in total. The molecule has 4 aliphatic carbocycles. The summed E-state index contributed by atoms with van der Waals surface area (Å²) in [4.78, 5) is 24.1. The number of anilines is 1. The molecule has 6 rings (SSSR count). The Bertz CT molecular complexity index is 1060. The zero-order valence-electron chi connectivity index (χ0n) is 20.3. The van der Waals surface area contributed by atoms with Gasteiger partial charge in [-0.1, -0.05) is 6.07 Å². The summed E-state index contributed by atoms with van der Waals surface area (Å²) in [5.41, 5.74) is 2.48. The molecule has 0 heterocycles. The predicted octanol–water partition coefficient (Wildman–Crippen LogP) is 5.45. The van der Waals surface area contributed by atoms with Gasteiger partial charge in [-0.05, 0) is 105 Å². The molecule has 1 unspecified atom stereocenters. The van der Waals surface area contributed by atoms with Crippen LogP contribution in [0.25, 0.3) is 0 Å². The number of rotatable bonds is 9. The maximum Gasteiger partial charge on any atom is 0.335 e. The highest BCUT2D eigenvalue weighted by Gasteiger charge is 2.52. The van der Waals surface area contributed by atoms with E-state index in [9.17, 15) is 9.59 Å². The lowest BCUT2D eigenvalue weighted by Gasteiger charge is -2.57. The second-order valence-electron chi connectivity index (χ2n) is 10.5. The van der Waals surface area contributed by atoms with E-state index in [1.165, 1.54) is 56.2 Å². The Balaban J connectivity index is 1.40. The van der Waals surface area contributed by atoms with Crippen molar-refractivity contribution in [1.82, 2.24) is 0 Å². The van der Waals surface area contributed by atoms with Crippen LogP contribution in [0.3, 0.4) is 0 Å². The number of carbonyl (C=O) groups is 2. The minimum Gasteiger partial charge on any atom is -0.478 e. The standard InChI is InChI=1S/C28H33NO6/c1-17(33-2)34-16-35-25-12-22(26(30)29-23-6-3-21(4-7-23)27(31)32)5-8-24(25)28-13-18-9-19(14-28)11-20(10-18)15-28/h3-8,12,17-20H,9-11,13-16H2,1-2H3,(H,29,30)(H,31,32). The second-order valence-corrected chi connectivity index (χ2v) is 10.5. The molecule has 2 aromatic rings. The summed E-state index contributed by atoms with van der Waals surface area (Å²) in [5.74, 6) is 1.78. The van der Waals surface area contributed by atoms with Gasteiger partial charge in [0.05, 0.1) is 5.56 Å². The average Bonchev–Trinajstić information content (AvgIpc) is 2.83. The number of amides is 1. The second kappa shape index (κ2) is 9.63. The Labute approximate surface area is 205 Å². The van der Waals surface area contributed by atoms with E-state index in [1.807, 2.05) is 19.1 Å². The van der Waals surface area contributed by atoms with Crippen molar-refractivity contribution in [2.45, 2.75) is 57.2 Å². The predicted molar refractivity (Wildman–Crippen MR) is 131 cm³/mol. The topological polar surface area (TPSA) is 94.1 Å². The van der Waals surface area contributed by atoms with Crippen molar-refractivity contribution >= 4 is 17.6 Å². The Kier molecular flexibility index (Phi) is 6.55. The van der Waals surface area contributed by atoms with Crippen LogP contribution >= 0.6 is 0 Å². The zero-order valence-corrected chi connectivity index (χ0v) is 20.3. The van der Waals surface area contributed by atoms with Gasteiger partial charge < -0.3 is 24.6 Å². The molecule has 0 aliphatic heterocycles. The van der Waals surface area contributed by atoms with Crippen molar-refractivity contribution in [3.8, 4) is 5.75 Å². The number of carboxylic acid groups (broad SMARTS) is 1. The lowest BCUT2D eigenvalue weighted by molar-refractivity contribution is -0.150. The number of hydrogen-bond donors (Lipinski definition) is 2. The number of methoxy groups -OCH3 is 1. The highest BCUT2D eigenvalue weighted by atomic mass is 16.7. The molecule has 4 saturated carbocycles. The van der Waals surface area contributed by atoms with E-state index in [2.05, 4.69) is 11.4 Å². The summed E-state index contributed by atoms with van der Waals surface area (Å²) in [6.07, 6.45) is 7.23. The molecule has 186 valence electrons. The van der Waals surface area contributed by atoms with E-state index in [0.717, 1.165) is 17.8 Å². The van der Waals surface area contributed by atoms with E-state index < -0.39 is 12.3 Å². The van der Waals surface area contributed by atoms with Crippen molar-refractivity contribution in [2.75, 3.05) is 19.2 Å². The molecule has 4 bridgehead atoms. The fraction of sp³-hybridized carbons (Fsp3) is 0.500. The number of benzene rings is 2. The largest absolute Gasteiger partial charge is 0.478 e. The molecular formula is C28H33NO6. The monoisotopic (exact) mass is 479 g/mol. The van der Waals surface area contributed by atoms with Crippen molar-refractivity contribution < 1.29 is 28.9 Å². The minimum atomic E-state index is -1.00. The molecule has 2 N–H and O–H groups in total. The number of nitrogens with one attached hydrogen (secondary N) is 1. The molecule has 35 heavy (non-hydrogen) atoms. The number of aromatic carboxylic acids is 1. The Morgan fingerprint density at radius 1 is 1.00 bits per heavy atom. The fourth-order valence-corrected chi connectivity index (χ4v) is 6.82. The minimum absolute atomic E-state index is 0.0378. The summed E-state index contributed by atoms with van der Waals surface area (Å²) in [6, 6.07) is 11.9. The molecular weight excluding hydrogens is 446 g/mol. The summed E-state index contributed by atoms with van der Waals surface area (Å²) >= 11 is 0. The van der Waals surface area contributed by atoms with Crippen LogP contribution < -0.4 is 10.1 Å². The van der Waals surface area contributed by atoms with Gasteiger partial charge in [0.25, 0.3) is 5.91 Å². The SMILES string of the molecule is COC(C)OCOc1cc(C(=O)Nc2ccc(C(=O)O)cc2)ccc1C12CC3CC(CC(C3)C1)C2. The lowest BCUT2D eigenvalue weighted by Crippen LogP contribution is -2.48. The summed E-state index contributed by atoms with van der Waals surface area (Å²) in [7, 11) is 1.58. The molecule has 7 heteroatoms. The van der Waals surface area contributed by atoms with E-state index in [4.69, 9.17) is 19.3 Å². The molecule has 4 aliphatic rings. The number of carbonyl (C=O) groups excluding carboxylic acids is 1. The first-order chi connectivity index (χ1) is 16.8. The molecule has 1 amide bonds. The molecule has 1 atom stereocenters. The highest BCUT2D eigenvalue weighted by Crippen LogP contribution is 2.61. The van der Waals surface area contributed by atoms with E-state index in [-0.39, 0.29) is 23.7 Å². The fourth-order valence-electron chi connectivity index (χ4n) is 6.82. The third-order valence-electron chi connectivity index (χ3n) is 8.09.